The van der Waals surface area contributed by atoms with Gasteiger partial charge in [-0.25, -0.2) is 8.42 Å². The van der Waals surface area contributed by atoms with Crippen LogP contribution in [0.2, 0.25) is 0 Å². The molecule has 0 aliphatic heterocycles. The van der Waals surface area contributed by atoms with Crippen molar-refractivity contribution in [1.29, 1.82) is 0 Å². The SMILES string of the molecule is CCCCCN(CC(=O)Nc1ccon1)S(=O)(=O)C=Cc1ccccc1. The van der Waals surface area contributed by atoms with Crippen molar-refractivity contribution in [1.82, 2.24) is 9.46 Å². The minimum Gasteiger partial charge on any atom is -0.363 e. The Bertz CT molecular complexity index is 802. The molecule has 0 aliphatic rings. The number of hydrogen-bond acceptors (Lipinski definition) is 5. The van der Waals surface area contributed by atoms with Crippen LogP contribution in [-0.4, -0.2) is 36.9 Å². The molecule has 0 radical (unpaired) electrons. The molecule has 0 spiro atoms. The molecule has 1 aromatic heterocycles. The lowest BCUT2D eigenvalue weighted by Crippen LogP contribution is -2.37. The summed E-state index contributed by atoms with van der Waals surface area (Å²) >= 11 is 0. The first-order chi connectivity index (χ1) is 12.5. The second-order valence-electron chi connectivity index (χ2n) is 5.73. The Labute approximate surface area is 153 Å². The molecule has 1 amide bonds. The lowest BCUT2D eigenvalue weighted by Gasteiger charge is -2.19. The first-order valence-electron chi connectivity index (χ1n) is 8.45. The third-order valence-corrected chi connectivity index (χ3v) is 5.14. The van der Waals surface area contributed by atoms with Gasteiger partial charge >= 0.3 is 0 Å². The van der Waals surface area contributed by atoms with Gasteiger partial charge in [-0.1, -0.05) is 55.3 Å². The molecule has 0 bridgehead atoms. The predicted molar refractivity (Wildman–Crippen MR) is 101 cm³/mol. The number of nitrogens with one attached hydrogen (secondary N) is 1. The van der Waals surface area contributed by atoms with Crippen LogP contribution in [0.3, 0.4) is 0 Å². The number of carbonyl (C=O) groups excluding carboxylic acids is 1. The minimum atomic E-state index is -3.73. The van der Waals surface area contributed by atoms with E-state index in [0.29, 0.717) is 6.42 Å². The van der Waals surface area contributed by atoms with E-state index < -0.39 is 15.9 Å². The summed E-state index contributed by atoms with van der Waals surface area (Å²) in [5, 5.41) is 7.24. The molecule has 1 N–H and O–H groups in total. The minimum absolute atomic E-state index is 0.251. The van der Waals surface area contributed by atoms with E-state index in [1.807, 2.05) is 37.3 Å². The molecule has 26 heavy (non-hydrogen) atoms. The average molecular weight is 377 g/mol. The van der Waals surface area contributed by atoms with Crippen LogP contribution < -0.4 is 5.32 Å². The molecule has 0 fully saturated rings. The lowest BCUT2D eigenvalue weighted by atomic mass is 10.2. The average Bonchev–Trinajstić information content (AvgIpc) is 3.13. The van der Waals surface area contributed by atoms with Gasteiger partial charge in [-0.05, 0) is 18.1 Å². The highest BCUT2D eigenvalue weighted by atomic mass is 32.2. The zero-order valence-electron chi connectivity index (χ0n) is 14.7. The van der Waals surface area contributed by atoms with Crippen molar-refractivity contribution in [2.24, 2.45) is 0 Å². The molecule has 2 rings (SSSR count). The molecule has 2 aromatic rings. The van der Waals surface area contributed by atoms with Crippen molar-refractivity contribution in [3.8, 4) is 0 Å². The van der Waals surface area contributed by atoms with E-state index in [1.54, 1.807) is 0 Å². The van der Waals surface area contributed by atoms with Crippen LogP contribution in [-0.2, 0) is 14.8 Å². The summed E-state index contributed by atoms with van der Waals surface area (Å²) in [7, 11) is -3.73. The number of carbonyl (C=O) groups is 1. The van der Waals surface area contributed by atoms with Gasteiger partial charge < -0.3 is 9.84 Å². The van der Waals surface area contributed by atoms with Crippen molar-refractivity contribution >= 4 is 27.8 Å². The van der Waals surface area contributed by atoms with E-state index in [-0.39, 0.29) is 18.9 Å². The maximum atomic E-state index is 12.7. The van der Waals surface area contributed by atoms with Crippen LogP contribution in [0.25, 0.3) is 6.08 Å². The molecule has 8 heteroatoms. The molecular formula is C18H23N3O4S. The smallest absolute Gasteiger partial charge is 0.240 e. The van der Waals surface area contributed by atoms with Crippen molar-refractivity contribution < 1.29 is 17.7 Å². The summed E-state index contributed by atoms with van der Waals surface area (Å²) in [6.45, 7) is 2.03. The standard InChI is InChI=1S/C18H23N3O4S/c1-2-3-7-12-21(15-18(22)19-17-10-13-25-20-17)26(23,24)14-11-16-8-5-4-6-9-16/h4-6,8-11,13-14H,2-3,7,12,15H2,1H3,(H,19,20,22). The summed E-state index contributed by atoms with van der Waals surface area (Å²) in [4.78, 5) is 12.2. The van der Waals surface area contributed by atoms with Gasteiger partial charge in [-0.3, -0.25) is 4.79 Å². The number of hydrogen-bond donors (Lipinski definition) is 1. The summed E-state index contributed by atoms with van der Waals surface area (Å²) < 4.78 is 31.1. The number of amides is 1. The quantitative estimate of drug-likeness (QED) is 0.642. The van der Waals surface area contributed by atoms with Gasteiger partial charge in [0, 0.05) is 18.0 Å². The van der Waals surface area contributed by atoms with Crippen molar-refractivity contribution in [2.75, 3.05) is 18.4 Å². The van der Waals surface area contributed by atoms with E-state index in [4.69, 9.17) is 0 Å². The number of benzene rings is 1. The Morgan fingerprint density at radius 3 is 2.65 bits per heavy atom. The van der Waals surface area contributed by atoms with Gasteiger partial charge in [-0.2, -0.15) is 4.31 Å². The zero-order valence-corrected chi connectivity index (χ0v) is 15.5. The Balaban J connectivity index is 2.08. The molecule has 0 saturated carbocycles. The fraction of sp³-hybridized carbons (Fsp3) is 0.333. The Kier molecular flexibility index (Phi) is 7.55. The van der Waals surface area contributed by atoms with Crippen molar-refractivity contribution in [2.45, 2.75) is 26.2 Å². The maximum absolute atomic E-state index is 12.7. The largest absolute Gasteiger partial charge is 0.363 e. The van der Waals surface area contributed by atoms with Gasteiger partial charge in [0.25, 0.3) is 0 Å². The van der Waals surface area contributed by atoms with Crippen LogP contribution >= 0.6 is 0 Å². The fourth-order valence-corrected chi connectivity index (χ4v) is 3.45. The van der Waals surface area contributed by atoms with E-state index in [2.05, 4.69) is 15.0 Å². The summed E-state index contributed by atoms with van der Waals surface area (Å²) in [6.07, 6.45) is 5.38. The van der Waals surface area contributed by atoms with E-state index in [1.165, 1.54) is 22.7 Å². The van der Waals surface area contributed by atoms with Crippen LogP contribution in [0.1, 0.15) is 31.7 Å². The lowest BCUT2D eigenvalue weighted by molar-refractivity contribution is -0.116. The summed E-state index contributed by atoms with van der Waals surface area (Å²) in [6, 6.07) is 10.6. The maximum Gasteiger partial charge on any atom is 0.240 e. The Hall–Kier alpha value is -2.45. The summed E-state index contributed by atoms with van der Waals surface area (Å²) in [5.41, 5.74) is 0.775. The third kappa shape index (κ3) is 6.45. The highest BCUT2D eigenvalue weighted by molar-refractivity contribution is 7.92. The second kappa shape index (κ2) is 9.88. The normalized spacial score (nSPS) is 11.9. The van der Waals surface area contributed by atoms with Crippen LogP contribution in [0.15, 0.2) is 52.6 Å². The molecule has 0 saturated heterocycles. The monoisotopic (exact) mass is 377 g/mol. The van der Waals surface area contributed by atoms with Gasteiger partial charge in [-0.15, -0.1) is 0 Å². The van der Waals surface area contributed by atoms with Crippen molar-refractivity contribution in [3.05, 3.63) is 53.6 Å². The van der Waals surface area contributed by atoms with E-state index in [0.717, 1.165) is 23.8 Å². The molecular weight excluding hydrogens is 354 g/mol. The van der Waals surface area contributed by atoms with Gasteiger partial charge in [0.2, 0.25) is 15.9 Å². The molecule has 7 nitrogen and oxygen atoms in total. The number of rotatable bonds is 10. The van der Waals surface area contributed by atoms with Crippen LogP contribution in [0, 0.1) is 0 Å². The zero-order chi connectivity index (χ0) is 18.8. The molecule has 1 aromatic carbocycles. The summed E-state index contributed by atoms with van der Waals surface area (Å²) in [5.74, 6) is -0.215. The second-order valence-corrected chi connectivity index (χ2v) is 7.55. The number of unbranched alkanes of at least 4 members (excludes halogenated alkanes) is 2. The highest BCUT2D eigenvalue weighted by Gasteiger charge is 2.22. The fourth-order valence-electron chi connectivity index (χ4n) is 2.27. The first kappa shape index (κ1) is 19.9. The predicted octanol–water partition coefficient (Wildman–Crippen LogP) is 3.11. The Morgan fingerprint density at radius 1 is 1.23 bits per heavy atom. The molecule has 140 valence electrons. The molecule has 0 unspecified atom stereocenters. The van der Waals surface area contributed by atoms with E-state index in [9.17, 15) is 13.2 Å². The number of sulfonamides is 1. The van der Waals surface area contributed by atoms with Crippen LogP contribution in [0.4, 0.5) is 5.82 Å². The number of anilines is 1. The first-order valence-corrected chi connectivity index (χ1v) is 9.95. The topological polar surface area (TPSA) is 92.5 Å². The van der Waals surface area contributed by atoms with Gasteiger partial charge in [0.15, 0.2) is 5.82 Å². The molecule has 0 atom stereocenters. The van der Waals surface area contributed by atoms with Gasteiger partial charge in [0.05, 0.1) is 6.54 Å². The van der Waals surface area contributed by atoms with E-state index >= 15 is 0 Å². The molecule has 1 heterocycles. The third-order valence-electron chi connectivity index (χ3n) is 3.63. The number of nitrogens with zero attached hydrogens (tertiary/aromatic N) is 2. The number of aromatic nitrogens is 1. The Morgan fingerprint density at radius 2 is 2.00 bits per heavy atom. The highest BCUT2D eigenvalue weighted by Crippen LogP contribution is 2.11. The van der Waals surface area contributed by atoms with Gasteiger partial charge in [0.1, 0.15) is 6.26 Å². The molecule has 0 aliphatic carbocycles. The van der Waals surface area contributed by atoms with Crippen LogP contribution in [0.5, 0.6) is 0 Å². The van der Waals surface area contributed by atoms with Crippen molar-refractivity contribution in [3.63, 3.8) is 0 Å².